The molecule has 3 N–H and O–H groups in total. The van der Waals surface area contributed by atoms with E-state index in [1.165, 1.54) is 0 Å². The SMILES string of the molecule is NC(=O)CSNC(=O)OCc1ccccc1. The van der Waals surface area contributed by atoms with Gasteiger partial charge in [0.2, 0.25) is 5.91 Å². The molecule has 1 rings (SSSR count). The number of hydrogen-bond donors (Lipinski definition) is 2. The van der Waals surface area contributed by atoms with Gasteiger partial charge < -0.3 is 10.5 Å². The highest BCUT2D eigenvalue weighted by Crippen LogP contribution is 2.01. The fraction of sp³-hybridized carbons (Fsp3) is 0.200. The Kier molecular flexibility index (Phi) is 5.21. The van der Waals surface area contributed by atoms with E-state index in [9.17, 15) is 9.59 Å². The normalized spacial score (nSPS) is 9.50. The first-order valence-electron chi connectivity index (χ1n) is 4.55. The van der Waals surface area contributed by atoms with E-state index in [0.29, 0.717) is 0 Å². The van der Waals surface area contributed by atoms with Crippen LogP contribution in [-0.2, 0) is 16.1 Å². The van der Waals surface area contributed by atoms with Crippen molar-refractivity contribution in [2.24, 2.45) is 5.73 Å². The molecule has 0 atom stereocenters. The lowest BCUT2D eigenvalue weighted by molar-refractivity contribution is -0.115. The van der Waals surface area contributed by atoms with E-state index in [0.717, 1.165) is 17.5 Å². The summed E-state index contributed by atoms with van der Waals surface area (Å²) >= 11 is 0.906. The van der Waals surface area contributed by atoms with Crippen molar-refractivity contribution in [2.75, 3.05) is 5.75 Å². The number of nitrogens with one attached hydrogen (secondary N) is 1. The third-order valence-electron chi connectivity index (χ3n) is 1.58. The molecule has 1 aromatic rings. The van der Waals surface area contributed by atoms with Gasteiger partial charge in [0, 0.05) is 0 Å². The Hall–Kier alpha value is -1.69. The molecule has 2 amide bonds. The molecule has 0 radical (unpaired) electrons. The summed E-state index contributed by atoms with van der Waals surface area (Å²) in [5, 5.41) is 0. The zero-order valence-corrected chi connectivity index (χ0v) is 9.33. The Balaban J connectivity index is 2.18. The van der Waals surface area contributed by atoms with Crippen molar-refractivity contribution in [1.82, 2.24) is 4.72 Å². The number of ether oxygens (including phenoxy) is 1. The molecule has 0 aliphatic heterocycles. The number of carbonyl (C=O) groups is 2. The molecule has 0 aliphatic carbocycles. The van der Waals surface area contributed by atoms with Gasteiger partial charge in [0.05, 0.1) is 5.75 Å². The van der Waals surface area contributed by atoms with Crippen molar-refractivity contribution in [2.45, 2.75) is 6.61 Å². The summed E-state index contributed by atoms with van der Waals surface area (Å²) in [5.74, 6) is -0.464. The number of rotatable bonds is 5. The lowest BCUT2D eigenvalue weighted by Crippen LogP contribution is -2.22. The summed E-state index contributed by atoms with van der Waals surface area (Å²) in [6, 6.07) is 9.30. The number of benzene rings is 1. The van der Waals surface area contributed by atoms with Crippen LogP contribution in [0.2, 0.25) is 0 Å². The number of nitrogens with two attached hydrogens (primary N) is 1. The molecular formula is C10H12N2O3S. The average molecular weight is 240 g/mol. The summed E-state index contributed by atoms with van der Waals surface area (Å²) in [6.07, 6.45) is -0.588. The van der Waals surface area contributed by atoms with Gasteiger partial charge in [-0.15, -0.1) is 0 Å². The molecule has 0 aliphatic rings. The van der Waals surface area contributed by atoms with E-state index in [2.05, 4.69) is 4.72 Å². The minimum Gasteiger partial charge on any atom is -0.444 e. The van der Waals surface area contributed by atoms with Crippen LogP contribution in [0.4, 0.5) is 4.79 Å². The first-order valence-corrected chi connectivity index (χ1v) is 5.54. The highest BCUT2D eigenvalue weighted by molar-refractivity contribution is 7.98. The van der Waals surface area contributed by atoms with Crippen LogP contribution in [-0.4, -0.2) is 17.8 Å². The molecule has 6 heteroatoms. The largest absolute Gasteiger partial charge is 0.444 e. The maximum absolute atomic E-state index is 11.1. The number of amides is 2. The van der Waals surface area contributed by atoms with Crippen molar-refractivity contribution in [1.29, 1.82) is 0 Å². The molecule has 0 fully saturated rings. The van der Waals surface area contributed by atoms with Gasteiger partial charge in [0.15, 0.2) is 0 Å². The first kappa shape index (κ1) is 12.4. The highest BCUT2D eigenvalue weighted by Gasteiger charge is 2.03. The van der Waals surface area contributed by atoms with E-state index < -0.39 is 12.0 Å². The zero-order chi connectivity index (χ0) is 11.8. The van der Waals surface area contributed by atoms with Crippen LogP contribution in [0, 0.1) is 0 Å². The second kappa shape index (κ2) is 6.73. The minimum absolute atomic E-state index is 0.0282. The molecular weight excluding hydrogens is 228 g/mol. The van der Waals surface area contributed by atoms with Gasteiger partial charge in [-0.25, -0.2) is 4.79 Å². The van der Waals surface area contributed by atoms with E-state index in [1.807, 2.05) is 30.3 Å². The first-order chi connectivity index (χ1) is 7.68. The molecule has 5 nitrogen and oxygen atoms in total. The van der Waals surface area contributed by atoms with E-state index in [4.69, 9.17) is 10.5 Å². The highest BCUT2D eigenvalue weighted by atomic mass is 32.2. The van der Waals surface area contributed by atoms with Gasteiger partial charge >= 0.3 is 6.09 Å². The minimum atomic E-state index is -0.588. The molecule has 16 heavy (non-hydrogen) atoms. The quantitative estimate of drug-likeness (QED) is 0.754. The summed E-state index contributed by atoms with van der Waals surface area (Å²) in [7, 11) is 0. The monoisotopic (exact) mass is 240 g/mol. The summed E-state index contributed by atoms with van der Waals surface area (Å²) in [4.78, 5) is 21.5. The fourth-order valence-corrected chi connectivity index (χ4v) is 1.31. The molecule has 0 aromatic heterocycles. The van der Waals surface area contributed by atoms with Crippen LogP contribution in [0.5, 0.6) is 0 Å². The Bertz CT molecular complexity index is 356. The molecule has 86 valence electrons. The van der Waals surface area contributed by atoms with Gasteiger partial charge in [0.25, 0.3) is 0 Å². The smallest absolute Gasteiger partial charge is 0.417 e. The molecule has 0 bridgehead atoms. The summed E-state index contributed by atoms with van der Waals surface area (Å²) in [5.41, 5.74) is 5.79. The van der Waals surface area contributed by atoms with Gasteiger partial charge in [-0.05, 0) is 17.5 Å². The Morgan fingerprint density at radius 3 is 2.62 bits per heavy atom. The van der Waals surface area contributed by atoms with E-state index in [1.54, 1.807) is 0 Å². The predicted molar refractivity (Wildman–Crippen MR) is 61.4 cm³/mol. The molecule has 0 saturated heterocycles. The van der Waals surface area contributed by atoms with Crippen molar-refractivity contribution in [3.63, 3.8) is 0 Å². The maximum atomic E-state index is 11.1. The second-order valence-corrected chi connectivity index (χ2v) is 3.70. The molecule has 0 saturated carbocycles. The number of primary amides is 1. The van der Waals surface area contributed by atoms with Crippen LogP contribution in [0.3, 0.4) is 0 Å². The summed E-state index contributed by atoms with van der Waals surface area (Å²) < 4.78 is 7.23. The molecule has 0 unspecified atom stereocenters. The lowest BCUT2D eigenvalue weighted by atomic mass is 10.2. The van der Waals surface area contributed by atoms with Crippen molar-refractivity contribution >= 4 is 23.9 Å². The van der Waals surface area contributed by atoms with Crippen LogP contribution in [0.25, 0.3) is 0 Å². The summed E-state index contributed by atoms with van der Waals surface area (Å²) in [6.45, 7) is 0.198. The molecule has 1 aromatic carbocycles. The standard InChI is InChI=1S/C10H12N2O3S/c11-9(13)7-16-12-10(14)15-6-8-4-2-1-3-5-8/h1-5H,6-7H2,(H2,11,13)(H,12,14). The van der Waals surface area contributed by atoms with E-state index >= 15 is 0 Å². The van der Waals surface area contributed by atoms with Gasteiger partial charge in [-0.2, -0.15) is 0 Å². The van der Waals surface area contributed by atoms with Crippen molar-refractivity contribution in [3.8, 4) is 0 Å². The third kappa shape index (κ3) is 5.26. The van der Waals surface area contributed by atoms with Gasteiger partial charge in [-0.1, -0.05) is 30.3 Å². The average Bonchev–Trinajstić information content (AvgIpc) is 2.27. The molecule has 0 spiro atoms. The Morgan fingerprint density at radius 2 is 2.00 bits per heavy atom. The van der Waals surface area contributed by atoms with Crippen LogP contribution in [0.15, 0.2) is 30.3 Å². The van der Waals surface area contributed by atoms with Crippen molar-refractivity contribution < 1.29 is 14.3 Å². The van der Waals surface area contributed by atoms with Crippen LogP contribution in [0.1, 0.15) is 5.56 Å². The Morgan fingerprint density at radius 1 is 1.31 bits per heavy atom. The van der Waals surface area contributed by atoms with Crippen LogP contribution >= 0.6 is 11.9 Å². The van der Waals surface area contributed by atoms with Gasteiger partial charge in [0.1, 0.15) is 6.61 Å². The second-order valence-electron chi connectivity index (χ2n) is 2.92. The molecule has 0 heterocycles. The van der Waals surface area contributed by atoms with Gasteiger partial charge in [-0.3, -0.25) is 9.52 Å². The topological polar surface area (TPSA) is 81.4 Å². The van der Waals surface area contributed by atoms with Crippen molar-refractivity contribution in [3.05, 3.63) is 35.9 Å². The predicted octanol–water partition coefficient (Wildman–Crippen LogP) is 1.05. The third-order valence-corrected chi connectivity index (χ3v) is 2.32. The van der Waals surface area contributed by atoms with E-state index in [-0.39, 0.29) is 12.4 Å². The number of carbonyl (C=O) groups excluding carboxylic acids is 2. The maximum Gasteiger partial charge on any atom is 0.417 e. The lowest BCUT2D eigenvalue weighted by Gasteiger charge is -2.05. The van der Waals surface area contributed by atoms with Crippen LogP contribution < -0.4 is 10.5 Å². The Labute approximate surface area is 97.5 Å². The fourth-order valence-electron chi connectivity index (χ4n) is 0.919. The number of hydrogen-bond acceptors (Lipinski definition) is 4. The zero-order valence-electron chi connectivity index (χ0n) is 8.51.